The Bertz CT molecular complexity index is 593. The van der Waals surface area contributed by atoms with E-state index in [1.807, 2.05) is 11.8 Å². The van der Waals surface area contributed by atoms with E-state index in [2.05, 4.69) is 22.9 Å². The molecule has 2 saturated heterocycles. The molecule has 0 radical (unpaired) electrons. The molecule has 6 heteroatoms. The number of amides is 1. The molecule has 0 N–H and O–H groups in total. The molecule has 3 rings (SSSR count). The smallest absolute Gasteiger partial charge is 0.222 e. The first-order chi connectivity index (χ1) is 12.7. The lowest BCUT2D eigenvalue weighted by Gasteiger charge is -2.33. The fourth-order valence-electron chi connectivity index (χ4n) is 3.85. The number of nitrogens with zero attached hydrogens (tertiary/aromatic N) is 4. The van der Waals surface area contributed by atoms with E-state index < -0.39 is 0 Å². The maximum atomic E-state index is 12.3. The first-order valence-corrected chi connectivity index (χ1v) is 10.1. The molecular formula is C20H32N4O2. The normalized spacial score (nSPS) is 19.0. The van der Waals surface area contributed by atoms with E-state index in [9.17, 15) is 4.79 Å². The van der Waals surface area contributed by atoms with Crippen molar-refractivity contribution in [2.75, 3.05) is 44.3 Å². The van der Waals surface area contributed by atoms with Gasteiger partial charge < -0.3 is 14.5 Å². The number of rotatable bonds is 6. The summed E-state index contributed by atoms with van der Waals surface area (Å²) in [6, 6.07) is 2.15. The highest BCUT2D eigenvalue weighted by molar-refractivity contribution is 5.76. The molecule has 0 atom stereocenters. The van der Waals surface area contributed by atoms with Crippen molar-refractivity contribution in [1.82, 2.24) is 14.9 Å². The second kappa shape index (κ2) is 9.31. The van der Waals surface area contributed by atoms with E-state index in [4.69, 9.17) is 9.72 Å². The van der Waals surface area contributed by atoms with Gasteiger partial charge in [-0.25, -0.2) is 9.97 Å². The second-order valence-corrected chi connectivity index (χ2v) is 7.41. The number of carbonyl (C=O) groups excluding carboxylic acids is 1. The van der Waals surface area contributed by atoms with Crippen molar-refractivity contribution in [3.05, 3.63) is 17.6 Å². The Balaban J connectivity index is 1.58. The van der Waals surface area contributed by atoms with Crippen LogP contribution in [0.5, 0.6) is 0 Å². The van der Waals surface area contributed by atoms with Crippen molar-refractivity contribution < 1.29 is 9.53 Å². The molecule has 144 valence electrons. The average Bonchev–Trinajstić information content (AvgIpc) is 2.68. The Morgan fingerprint density at radius 3 is 2.58 bits per heavy atom. The Morgan fingerprint density at radius 1 is 1.15 bits per heavy atom. The molecule has 0 bridgehead atoms. The summed E-state index contributed by atoms with van der Waals surface area (Å²) < 4.78 is 5.44. The molecule has 1 aromatic heterocycles. The van der Waals surface area contributed by atoms with E-state index in [0.717, 1.165) is 88.8 Å². The fourth-order valence-corrected chi connectivity index (χ4v) is 3.85. The summed E-state index contributed by atoms with van der Waals surface area (Å²) in [5.74, 6) is 2.61. The third kappa shape index (κ3) is 4.93. The van der Waals surface area contributed by atoms with E-state index in [1.54, 1.807) is 0 Å². The van der Waals surface area contributed by atoms with Gasteiger partial charge in [-0.15, -0.1) is 0 Å². The standard InChI is InChI=1S/C20H32N4O2/c1-3-4-5-6-20(25)24-9-7-17(8-10-24)18-15-19(22-16(2)21-18)23-11-13-26-14-12-23/h15,17H,3-14H2,1-2H3. The van der Waals surface area contributed by atoms with Crippen molar-refractivity contribution in [2.24, 2.45) is 0 Å². The predicted octanol–water partition coefficient (Wildman–Crippen LogP) is 2.91. The maximum Gasteiger partial charge on any atom is 0.222 e. The van der Waals surface area contributed by atoms with Gasteiger partial charge in [0.2, 0.25) is 5.91 Å². The SMILES string of the molecule is CCCCCC(=O)N1CCC(c2cc(N3CCOCC3)nc(C)n2)CC1. The number of aryl methyl sites for hydroxylation is 1. The fraction of sp³-hybridized carbons (Fsp3) is 0.750. The van der Waals surface area contributed by atoms with Gasteiger partial charge in [0.15, 0.2) is 0 Å². The van der Waals surface area contributed by atoms with Crippen LogP contribution in [0.25, 0.3) is 0 Å². The maximum absolute atomic E-state index is 12.3. The molecule has 2 fully saturated rings. The molecule has 6 nitrogen and oxygen atoms in total. The first kappa shape index (κ1) is 19.1. The molecule has 26 heavy (non-hydrogen) atoms. The van der Waals surface area contributed by atoms with Crippen molar-refractivity contribution in [3.63, 3.8) is 0 Å². The zero-order chi connectivity index (χ0) is 18.4. The van der Waals surface area contributed by atoms with E-state index >= 15 is 0 Å². The number of anilines is 1. The number of hydrogen-bond donors (Lipinski definition) is 0. The first-order valence-electron chi connectivity index (χ1n) is 10.1. The number of unbranched alkanes of at least 4 members (excludes halogenated alkanes) is 2. The zero-order valence-electron chi connectivity index (χ0n) is 16.2. The zero-order valence-corrected chi connectivity index (χ0v) is 16.2. The summed E-state index contributed by atoms with van der Waals surface area (Å²) in [5, 5.41) is 0. The van der Waals surface area contributed by atoms with Crippen LogP contribution in [0.15, 0.2) is 6.07 Å². The van der Waals surface area contributed by atoms with Gasteiger partial charge in [-0.1, -0.05) is 19.8 Å². The van der Waals surface area contributed by atoms with Crippen LogP contribution in [-0.4, -0.2) is 60.2 Å². The number of ether oxygens (including phenoxy) is 1. The topological polar surface area (TPSA) is 58.6 Å². The molecule has 3 heterocycles. The third-order valence-electron chi connectivity index (χ3n) is 5.44. The van der Waals surface area contributed by atoms with Gasteiger partial charge in [0.1, 0.15) is 11.6 Å². The summed E-state index contributed by atoms with van der Waals surface area (Å²) in [6.07, 6.45) is 6.02. The Kier molecular flexibility index (Phi) is 6.83. The lowest BCUT2D eigenvalue weighted by atomic mass is 9.92. The number of piperidine rings is 1. The molecule has 0 aromatic carbocycles. The monoisotopic (exact) mass is 360 g/mol. The summed E-state index contributed by atoms with van der Waals surface area (Å²) in [4.78, 5) is 26.0. The number of hydrogen-bond acceptors (Lipinski definition) is 5. The molecule has 0 unspecified atom stereocenters. The summed E-state index contributed by atoms with van der Waals surface area (Å²) in [6.45, 7) is 9.15. The van der Waals surface area contributed by atoms with Crippen molar-refractivity contribution in [3.8, 4) is 0 Å². The van der Waals surface area contributed by atoms with Crippen molar-refractivity contribution >= 4 is 11.7 Å². The molecule has 2 aliphatic heterocycles. The highest BCUT2D eigenvalue weighted by Gasteiger charge is 2.25. The number of morpholine rings is 1. The minimum absolute atomic E-state index is 0.324. The van der Waals surface area contributed by atoms with Crippen molar-refractivity contribution in [2.45, 2.75) is 58.3 Å². The van der Waals surface area contributed by atoms with E-state index in [-0.39, 0.29) is 0 Å². The van der Waals surface area contributed by atoms with Gasteiger partial charge in [0, 0.05) is 50.3 Å². The molecule has 0 aliphatic carbocycles. The number of likely N-dealkylation sites (tertiary alicyclic amines) is 1. The molecule has 2 aliphatic rings. The Labute approximate surface area is 156 Å². The Hall–Kier alpha value is -1.69. The molecular weight excluding hydrogens is 328 g/mol. The highest BCUT2D eigenvalue weighted by Crippen LogP contribution is 2.29. The Morgan fingerprint density at radius 2 is 1.88 bits per heavy atom. The molecule has 0 spiro atoms. The third-order valence-corrected chi connectivity index (χ3v) is 5.44. The minimum atomic E-state index is 0.324. The summed E-state index contributed by atoms with van der Waals surface area (Å²) >= 11 is 0. The predicted molar refractivity (Wildman–Crippen MR) is 102 cm³/mol. The largest absolute Gasteiger partial charge is 0.378 e. The lowest BCUT2D eigenvalue weighted by Crippen LogP contribution is -2.38. The van der Waals surface area contributed by atoms with Crippen LogP contribution in [0.2, 0.25) is 0 Å². The lowest BCUT2D eigenvalue weighted by molar-refractivity contribution is -0.132. The second-order valence-electron chi connectivity index (χ2n) is 7.41. The van der Waals surface area contributed by atoms with Crippen molar-refractivity contribution in [1.29, 1.82) is 0 Å². The van der Waals surface area contributed by atoms with Crippen LogP contribution in [0.4, 0.5) is 5.82 Å². The van der Waals surface area contributed by atoms with E-state index in [0.29, 0.717) is 18.2 Å². The molecule has 0 saturated carbocycles. The molecule has 1 aromatic rings. The van der Waals surface area contributed by atoms with Gasteiger partial charge in [-0.05, 0) is 26.2 Å². The van der Waals surface area contributed by atoms with Gasteiger partial charge in [0.25, 0.3) is 0 Å². The van der Waals surface area contributed by atoms with Gasteiger partial charge in [-0.3, -0.25) is 4.79 Å². The summed E-state index contributed by atoms with van der Waals surface area (Å²) in [7, 11) is 0. The van der Waals surface area contributed by atoms with Crippen LogP contribution >= 0.6 is 0 Å². The highest BCUT2D eigenvalue weighted by atomic mass is 16.5. The van der Waals surface area contributed by atoms with Crippen LogP contribution < -0.4 is 4.90 Å². The van der Waals surface area contributed by atoms with Gasteiger partial charge in [0.05, 0.1) is 13.2 Å². The number of carbonyl (C=O) groups is 1. The summed E-state index contributed by atoms with van der Waals surface area (Å²) in [5.41, 5.74) is 1.14. The average molecular weight is 361 g/mol. The molecule has 1 amide bonds. The number of aromatic nitrogens is 2. The van der Waals surface area contributed by atoms with Crippen LogP contribution in [0.1, 0.15) is 62.9 Å². The van der Waals surface area contributed by atoms with Crippen LogP contribution in [0, 0.1) is 6.92 Å². The van der Waals surface area contributed by atoms with Gasteiger partial charge >= 0.3 is 0 Å². The van der Waals surface area contributed by atoms with E-state index in [1.165, 1.54) is 0 Å². The van der Waals surface area contributed by atoms with Crippen LogP contribution in [-0.2, 0) is 9.53 Å². The quantitative estimate of drug-likeness (QED) is 0.730. The van der Waals surface area contributed by atoms with Crippen LogP contribution in [0.3, 0.4) is 0 Å². The minimum Gasteiger partial charge on any atom is -0.378 e. The van der Waals surface area contributed by atoms with Gasteiger partial charge in [-0.2, -0.15) is 0 Å².